The molecule has 3 aromatic carbocycles. The average molecular weight is 447 g/mol. The van der Waals surface area contributed by atoms with Gasteiger partial charge in [0.15, 0.2) is 0 Å². The highest BCUT2D eigenvalue weighted by Gasteiger charge is 2.16. The fraction of sp³-hybridized carbons (Fsp3) is 0. The Morgan fingerprint density at radius 3 is 2.28 bits per heavy atom. The molecule has 148 valence electrons. The minimum absolute atomic E-state index is 0.0198. The number of anilines is 2. The SMILES string of the molecule is O=C(/C=C/c1ccccc1)Nc1ccc(S(=O)(=O)Nc2cc(Cl)ccc2Cl)cc1. The van der Waals surface area contributed by atoms with Crippen molar-refractivity contribution in [1.29, 1.82) is 0 Å². The van der Waals surface area contributed by atoms with Crippen LogP contribution in [-0.4, -0.2) is 14.3 Å². The van der Waals surface area contributed by atoms with Gasteiger partial charge in [-0.1, -0.05) is 53.5 Å². The monoisotopic (exact) mass is 446 g/mol. The first-order chi connectivity index (χ1) is 13.8. The van der Waals surface area contributed by atoms with Gasteiger partial charge in [-0.2, -0.15) is 0 Å². The van der Waals surface area contributed by atoms with E-state index in [2.05, 4.69) is 10.0 Å². The van der Waals surface area contributed by atoms with Gasteiger partial charge in [0.2, 0.25) is 5.91 Å². The Labute approximate surface area is 179 Å². The number of carbonyl (C=O) groups is 1. The highest BCUT2D eigenvalue weighted by Crippen LogP contribution is 2.28. The molecule has 0 spiro atoms. The molecule has 29 heavy (non-hydrogen) atoms. The molecule has 0 atom stereocenters. The minimum atomic E-state index is -3.86. The molecule has 0 aromatic heterocycles. The first kappa shape index (κ1) is 20.9. The molecule has 5 nitrogen and oxygen atoms in total. The summed E-state index contributed by atoms with van der Waals surface area (Å²) in [5.41, 5.74) is 1.55. The average Bonchev–Trinajstić information content (AvgIpc) is 2.70. The number of hydrogen-bond donors (Lipinski definition) is 2. The number of benzene rings is 3. The lowest BCUT2D eigenvalue weighted by atomic mass is 10.2. The van der Waals surface area contributed by atoms with Crippen LogP contribution in [0.2, 0.25) is 10.0 Å². The van der Waals surface area contributed by atoms with E-state index in [9.17, 15) is 13.2 Å². The van der Waals surface area contributed by atoms with Crippen LogP contribution in [0, 0.1) is 0 Å². The number of amides is 1. The van der Waals surface area contributed by atoms with Crippen LogP contribution in [0.1, 0.15) is 5.56 Å². The van der Waals surface area contributed by atoms with Crippen molar-refractivity contribution in [3.63, 3.8) is 0 Å². The fourth-order valence-corrected chi connectivity index (χ4v) is 3.88. The maximum atomic E-state index is 12.5. The predicted molar refractivity (Wildman–Crippen MR) is 118 cm³/mol. The van der Waals surface area contributed by atoms with E-state index >= 15 is 0 Å². The van der Waals surface area contributed by atoms with Crippen LogP contribution in [0.4, 0.5) is 11.4 Å². The van der Waals surface area contributed by atoms with Crippen molar-refractivity contribution < 1.29 is 13.2 Å². The molecule has 0 saturated carbocycles. The number of halogens is 2. The lowest BCUT2D eigenvalue weighted by Gasteiger charge is -2.10. The molecule has 0 aliphatic rings. The van der Waals surface area contributed by atoms with Crippen LogP contribution in [0.5, 0.6) is 0 Å². The normalized spacial score (nSPS) is 11.4. The first-order valence-corrected chi connectivity index (χ1v) is 10.7. The van der Waals surface area contributed by atoms with Gasteiger partial charge in [0, 0.05) is 16.8 Å². The molecule has 0 unspecified atom stereocenters. The number of carbonyl (C=O) groups excluding carboxylic acids is 1. The van der Waals surface area contributed by atoms with Gasteiger partial charge in [-0.05, 0) is 54.1 Å². The molecule has 3 rings (SSSR count). The molecule has 3 aromatic rings. The smallest absolute Gasteiger partial charge is 0.261 e. The third kappa shape index (κ3) is 5.84. The van der Waals surface area contributed by atoms with E-state index in [-0.39, 0.29) is 21.5 Å². The Morgan fingerprint density at radius 1 is 0.897 bits per heavy atom. The summed E-state index contributed by atoms with van der Waals surface area (Å²) in [6.45, 7) is 0. The third-order valence-corrected chi connectivity index (χ3v) is 5.78. The Morgan fingerprint density at radius 2 is 1.59 bits per heavy atom. The van der Waals surface area contributed by atoms with Crippen LogP contribution >= 0.6 is 23.2 Å². The van der Waals surface area contributed by atoms with Gasteiger partial charge >= 0.3 is 0 Å². The van der Waals surface area contributed by atoms with E-state index in [1.54, 1.807) is 12.1 Å². The van der Waals surface area contributed by atoms with Crippen LogP contribution in [0.3, 0.4) is 0 Å². The molecule has 0 saturated heterocycles. The minimum Gasteiger partial charge on any atom is -0.323 e. The molecule has 0 radical (unpaired) electrons. The Balaban J connectivity index is 1.68. The number of rotatable bonds is 6. The molecule has 8 heteroatoms. The topological polar surface area (TPSA) is 75.3 Å². The van der Waals surface area contributed by atoms with Crippen LogP contribution in [0.15, 0.2) is 83.8 Å². The van der Waals surface area contributed by atoms with Crippen molar-refractivity contribution in [1.82, 2.24) is 0 Å². The van der Waals surface area contributed by atoms with Gasteiger partial charge in [-0.15, -0.1) is 0 Å². The summed E-state index contributed by atoms with van der Waals surface area (Å²) >= 11 is 11.9. The van der Waals surface area contributed by atoms with Gasteiger partial charge in [0.05, 0.1) is 15.6 Å². The Hall–Kier alpha value is -2.80. The second-order valence-corrected chi connectivity index (χ2v) is 8.51. The summed E-state index contributed by atoms with van der Waals surface area (Å²) in [5.74, 6) is -0.326. The molecule has 2 N–H and O–H groups in total. The summed E-state index contributed by atoms with van der Waals surface area (Å²) in [5, 5.41) is 3.26. The zero-order chi connectivity index (χ0) is 20.9. The molecule has 1 amide bonds. The van der Waals surface area contributed by atoms with E-state index in [0.29, 0.717) is 10.7 Å². The van der Waals surface area contributed by atoms with E-state index in [4.69, 9.17) is 23.2 Å². The quantitative estimate of drug-likeness (QED) is 0.494. The van der Waals surface area contributed by atoms with Crippen molar-refractivity contribution in [3.8, 4) is 0 Å². The lowest BCUT2D eigenvalue weighted by molar-refractivity contribution is -0.111. The number of hydrogen-bond acceptors (Lipinski definition) is 3. The van der Waals surface area contributed by atoms with Crippen molar-refractivity contribution in [2.45, 2.75) is 4.90 Å². The van der Waals surface area contributed by atoms with E-state index < -0.39 is 10.0 Å². The fourth-order valence-electron chi connectivity index (χ4n) is 2.42. The van der Waals surface area contributed by atoms with E-state index in [0.717, 1.165) is 5.56 Å². The van der Waals surface area contributed by atoms with Gasteiger partial charge in [0.25, 0.3) is 10.0 Å². The zero-order valence-corrected chi connectivity index (χ0v) is 17.3. The summed E-state index contributed by atoms with van der Waals surface area (Å²) in [7, 11) is -3.86. The molecule has 0 aliphatic carbocycles. The van der Waals surface area contributed by atoms with Crippen molar-refractivity contribution >= 4 is 56.6 Å². The third-order valence-electron chi connectivity index (χ3n) is 3.83. The molecular weight excluding hydrogens is 431 g/mol. The lowest BCUT2D eigenvalue weighted by Crippen LogP contribution is -2.13. The maximum Gasteiger partial charge on any atom is 0.261 e. The highest BCUT2D eigenvalue weighted by atomic mass is 35.5. The van der Waals surface area contributed by atoms with E-state index in [1.165, 1.54) is 42.5 Å². The number of sulfonamides is 1. The van der Waals surface area contributed by atoms with Crippen LogP contribution in [-0.2, 0) is 14.8 Å². The summed E-state index contributed by atoms with van der Waals surface area (Å²) in [4.78, 5) is 12.0. The van der Waals surface area contributed by atoms with Crippen molar-refractivity contribution in [3.05, 3.63) is 94.5 Å². The second-order valence-electron chi connectivity index (χ2n) is 5.99. The number of nitrogens with one attached hydrogen (secondary N) is 2. The summed E-state index contributed by atoms with van der Waals surface area (Å²) in [6.07, 6.45) is 3.09. The highest BCUT2D eigenvalue weighted by molar-refractivity contribution is 7.92. The maximum absolute atomic E-state index is 12.5. The van der Waals surface area contributed by atoms with Crippen molar-refractivity contribution in [2.75, 3.05) is 10.0 Å². The first-order valence-electron chi connectivity index (χ1n) is 8.45. The Kier molecular flexibility index (Phi) is 6.59. The molecule has 0 aliphatic heterocycles. The molecule has 0 bridgehead atoms. The Bertz CT molecular complexity index is 1150. The van der Waals surface area contributed by atoms with Gasteiger partial charge in [0.1, 0.15) is 0 Å². The van der Waals surface area contributed by atoms with E-state index in [1.807, 2.05) is 30.3 Å². The zero-order valence-electron chi connectivity index (χ0n) is 15.0. The predicted octanol–water partition coefficient (Wildman–Crippen LogP) is 5.45. The summed E-state index contributed by atoms with van der Waals surface area (Å²) < 4.78 is 27.5. The molecular formula is C21H16Cl2N2O3S. The largest absolute Gasteiger partial charge is 0.323 e. The molecule has 0 heterocycles. The van der Waals surface area contributed by atoms with Crippen molar-refractivity contribution in [2.24, 2.45) is 0 Å². The van der Waals surface area contributed by atoms with Crippen LogP contribution in [0.25, 0.3) is 6.08 Å². The standard InChI is InChI=1S/C21H16Cl2N2O3S/c22-16-7-12-19(23)20(14-16)25-29(27,28)18-10-8-17(9-11-18)24-21(26)13-6-15-4-2-1-3-5-15/h1-14,25H,(H,24,26)/b13-6+. The second kappa shape index (κ2) is 9.13. The van der Waals surface area contributed by atoms with Gasteiger partial charge in [-0.3, -0.25) is 9.52 Å². The van der Waals surface area contributed by atoms with Crippen LogP contribution < -0.4 is 10.0 Å². The van der Waals surface area contributed by atoms with Gasteiger partial charge < -0.3 is 5.32 Å². The summed E-state index contributed by atoms with van der Waals surface area (Å²) in [6, 6.07) is 19.7. The van der Waals surface area contributed by atoms with Gasteiger partial charge in [-0.25, -0.2) is 8.42 Å². The molecule has 0 fully saturated rings.